The lowest BCUT2D eigenvalue weighted by atomic mass is 9.88. The summed E-state index contributed by atoms with van der Waals surface area (Å²) in [5.74, 6) is 0.622. The molecule has 3 aliphatic rings. The Morgan fingerprint density at radius 2 is 2.11 bits per heavy atom. The van der Waals surface area contributed by atoms with Crippen LogP contribution in [0, 0.1) is 17.8 Å². The molecule has 1 heterocycles. The van der Waals surface area contributed by atoms with Crippen molar-refractivity contribution >= 4 is 20.7 Å². The molecule has 0 amide bonds. The number of ether oxygens (including phenoxy) is 1. The molecule has 0 spiro atoms. The van der Waals surface area contributed by atoms with Crippen molar-refractivity contribution in [2.24, 2.45) is 17.8 Å². The molecule has 18 heavy (non-hydrogen) atoms. The quantitative estimate of drug-likeness (QED) is 0.423. The van der Waals surface area contributed by atoms with Crippen LogP contribution in [-0.2, 0) is 23.8 Å². The summed E-state index contributed by atoms with van der Waals surface area (Å²) in [6, 6.07) is 0. The third kappa shape index (κ3) is 1.44. The Kier molecular flexibility index (Phi) is 2.48. The van der Waals surface area contributed by atoms with Crippen LogP contribution in [0.5, 0.6) is 0 Å². The van der Waals surface area contributed by atoms with Gasteiger partial charge >= 0.3 is 5.97 Å². The van der Waals surface area contributed by atoms with Crippen LogP contribution in [0.4, 0.5) is 0 Å². The second kappa shape index (κ2) is 3.72. The molecule has 0 aromatic carbocycles. The van der Waals surface area contributed by atoms with Crippen LogP contribution in [0.2, 0.25) is 0 Å². The molecule has 0 N–H and O–H groups in total. The third-order valence-electron chi connectivity index (χ3n) is 4.69. The average Bonchev–Trinajstić information content (AvgIpc) is 2.92. The van der Waals surface area contributed by atoms with Crippen LogP contribution >= 0.6 is 0 Å². The van der Waals surface area contributed by atoms with Crippen LogP contribution in [-0.4, -0.2) is 32.5 Å². The third-order valence-corrected chi connectivity index (χ3v) is 7.37. The van der Waals surface area contributed by atoms with Gasteiger partial charge in [0.2, 0.25) is 0 Å². The van der Waals surface area contributed by atoms with E-state index in [0.29, 0.717) is 11.3 Å². The minimum Gasteiger partial charge on any atom is -0.458 e. The summed E-state index contributed by atoms with van der Waals surface area (Å²) in [5, 5.41) is 1.78. The molecule has 0 radical (unpaired) electrons. The molecule has 6 unspecified atom stereocenters. The predicted molar refractivity (Wildman–Crippen MR) is 66.9 cm³/mol. The molecule has 98 valence electrons. The Labute approximate surface area is 106 Å². The van der Waals surface area contributed by atoms with Gasteiger partial charge in [0.05, 0.1) is 9.52 Å². The molecule has 2 bridgehead atoms. The van der Waals surface area contributed by atoms with Crippen molar-refractivity contribution in [3.05, 3.63) is 12.2 Å². The Bertz CT molecular complexity index is 566. The summed E-state index contributed by atoms with van der Waals surface area (Å²) in [6.45, 7) is 5.19. The number of rotatable bonds is 2. The summed E-state index contributed by atoms with van der Waals surface area (Å²) in [4.78, 5) is 22.6. The minimum atomic E-state index is -2.48. The number of fused-ring (bicyclic) bond motifs is 1. The second-order valence-corrected chi connectivity index (χ2v) is 8.28. The maximum Gasteiger partial charge on any atom is 0.333 e. The smallest absolute Gasteiger partial charge is 0.333 e. The standard InChI is InChI=1S/C13H16O4S/c1-7(2)13(15)17-12-8-3-9-10(12)5-18(16,6-14)11(9)4-8/h8-12H,1,3-5H2,2H3. The van der Waals surface area contributed by atoms with E-state index < -0.39 is 9.52 Å². The molecule has 3 rings (SSSR count). The number of carbonyl (C=O) groups is 1. The first-order valence-electron chi connectivity index (χ1n) is 6.22. The van der Waals surface area contributed by atoms with Crippen LogP contribution < -0.4 is 0 Å². The maximum atomic E-state index is 12.4. The fraction of sp³-hybridized carbons (Fsp3) is 0.692. The summed E-state index contributed by atoms with van der Waals surface area (Å²) < 4.78 is 17.9. The fourth-order valence-electron chi connectivity index (χ4n) is 3.95. The molecule has 3 fully saturated rings. The fourth-order valence-corrected chi connectivity index (χ4v) is 6.84. The molecule has 1 saturated heterocycles. The van der Waals surface area contributed by atoms with Crippen LogP contribution in [0.15, 0.2) is 12.2 Å². The molecule has 2 saturated carbocycles. The summed E-state index contributed by atoms with van der Waals surface area (Å²) in [6.07, 6.45) is 1.50. The average molecular weight is 268 g/mol. The van der Waals surface area contributed by atoms with Gasteiger partial charge in [-0.05, 0) is 31.6 Å². The molecular weight excluding hydrogens is 252 g/mol. The molecule has 2 aliphatic carbocycles. The Hall–Kier alpha value is -1.06. The van der Waals surface area contributed by atoms with Crippen molar-refractivity contribution in [3.63, 3.8) is 0 Å². The molecule has 1 aliphatic heterocycles. The van der Waals surface area contributed by atoms with Gasteiger partial charge in [0.1, 0.15) is 6.10 Å². The van der Waals surface area contributed by atoms with Gasteiger partial charge in [-0.1, -0.05) is 6.58 Å². The zero-order valence-corrected chi connectivity index (χ0v) is 11.1. The first-order chi connectivity index (χ1) is 8.46. The van der Waals surface area contributed by atoms with Gasteiger partial charge in [-0.15, -0.1) is 0 Å². The van der Waals surface area contributed by atoms with Crippen molar-refractivity contribution in [1.82, 2.24) is 0 Å². The van der Waals surface area contributed by atoms with Crippen LogP contribution in [0.25, 0.3) is 0 Å². The largest absolute Gasteiger partial charge is 0.458 e. The van der Waals surface area contributed by atoms with Crippen molar-refractivity contribution in [3.8, 4) is 0 Å². The molecule has 0 aromatic rings. The van der Waals surface area contributed by atoms with E-state index in [9.17, 15) is 13.8 Å². The lowest BCUT2D eigenvalue weighted by Crippen LogP contribution is -2.33. The van der Waals surface area contributed by atoms with E-state index in [1.54, 1.807) is 12.2 Å². The number of hydrogen-bond donors (Lipinski definition) is 0. The summed E-state index contributed by atoms with van der Waals surface area (Å²) in [7, 11) is -2.48. The van der Waals surface area contributed by atoms with Crippen LogP contribution in [0.3, 0.4) is 0 Å². The lowest BCUT2D eigenvalue weighted by Gasteiger charge is -2.26. The highest BCUT2D eigenvalue weighted by molar-refractivity contribution is 8.01. The van der Waals surface area contributed by atoms with Crippen molar-refractivity contribution in [2.45, 2.75) is 31.1 Å². The SMILES string of the molecule is C=C(C)C(=O)OC1C2CC3C1CS(=O)(=C=O)C3C2. The normalized spacial score (nSPS) is 47.9. The summed E-state index contributed by atoms with van der Waals surface area (Å²) in [5.41, 5.74) is 0.384. The monoisotopic (exact) mass is 268 g/mol. The molecule has 6 atom stereocenters. The van der Waals surface area contributed by atoms with E-state index in [0.717, 1.165) is 12.8 Å². The predicted octanol–water partition coefficient (Wildman–Crippen LogP) is 0.864. The maximum absolute atomic E-state index is 12.4. The van der Waals surface area contributed by atoms with E-state index in [-0.39, 0.29) is 35.1 Å². The summed E-state index contributed by atoms with van der Waals surface area (Å²) >= 11 is 0. The number of hydrogen-bond acceptors (Lipinski definition) is 4. The molecular formula is C13H16O4S. The van der Waals surface area contributed by atoms with E-state index >= 15 is 0 Å². The van der Waals surface area contributed by atoms with E-state index in [1.807, 2.05) is 0 Å². The lowest BCUT2D eigenvalue weighted by molar-refractivity contribution is -0.148. The molecule has 0 aromatic heterocycles. The van der Waals surface area contributed by atoms with Crippen molar-refractivity contribution in [2.75, 3.05) is 5.75 Å². The first kappa shape index (κ1) is 12.0. The van der Waals surface area contributed by atoms with Gasteiger partial charge in [-0.3, -0.25) is 4.21 Å². The number of esters is 1. The highest BCUT2D eigenvalue weighted by Crippen LogP contribution is 2.57. The van der Waals surface area contributed by atoms with Crippen LogP contribution in [0.1, 0.15) is 19.8 Å². The van der Waals surface area contributed by atoms with E-state index in [1.165, 1.54) is 0 Å². The topological polar surface area (TPSA) is 60.4 Å². The first-order valence-corrected chi connectivity index (χ1v) is 8.01. The van der Waals surface area contributed by atoms with Gasteiger partial charge in [0.25, 0.3) is 0 Å². The Morgan fingerprint density at radius 1 is 1.39 bits per heavy atom. The van der Waals surface area contributed by atoms with E-state index in [2.05, 4.69) is 6.58 Å². The molecule has 5 heteroatoms. The Morgan fingerprint density at radius 3 is 2.72 bits per heavy atom. The van der Waals surface area contributed by atoms with Crippen molar-refractivity contribution < 1.29 is 18.5 Å². The van der Waals surface area contributed by atoms with Gasteiger partial charge in [-0.25, -0.2) is 9.59 Å². The highest BCUT2D eigenvalue weighted by Gasteiger charge is 2.62. The zero-order chi connectivity index (χ0) is 13.1. The second-order valence-electron chi connectivity index (χ2n) is 5.72. The minimum absolute atomic E-state index is 0.00946. The van der Waals surface area contributed by atoms with Gasteiger partial charge in [0, 0.05) is 22.5 Å². The Balaban J connectivity index is 1.87. The highest BCUT2D eigenvalue weighted by atomic mass is 32.2. The zero-order valence-electron chi connectivity index (χ0n) is 10.3. The van der Waals surface area contributed by atoms with Gasteiger partial charge < -0.3 is 4.74 Å². The van der Waals surface area contributed by atoms with Gasteiger partial charge in [-0.2, -0.15) is 0 Å². The van der Waals surface area contributed by atoms with E-state index in [4.69, 9.17) is 4.74 Å². The molecule has 4 nitrogen and oxygen atoms in total. The van der Waals surface area contributed by atoms with Gasteiger partial charge in [0.15, 0.2) is 5.23 Å². The van der Waals surface area contributed by atoms with Crippen molar-refractivity contribution in [1.29, 1.82) is 0 Å². The number of carbonyl (C=O) groups excluding carboxylic acids is 2.